The van der Waals surface area contributed by atoms with Gasteiger partial charge in [0.25, 0.3) is 5.56 Å². The molecule has 3 heterocycles. The first-order valence-electron chi connectivity index (χ1n) is 11.5. The second kappa shape index (κ2) is 7.68. The van der Waals surface area contributed by atoms with E-state index in [0.717, 1.165) is 23.6 Å². The molecule has 0 atom stereocenters. The van der Waals surface area contributed by atoms with Gasteiger partial charge in [-0.3, -0.25) is 9.48 Å². The van der Waals surface area contributed by atoms with Crippen molar-refractivity contribution in [2.45, 2.75) is 51.7 Å². The molecule has 0 saturated carbocycles. The summed E-state index contributed by atoms with van der Waals surface area (Å²) in [6, 6.07) is 9.01. The van der Waals surface area contributed by atoms with Gasteiger partial charge in [-0.15, -0.1) is 0 Å². The molecule has 8 nitrogen and oxygen atoms in total. The van der Waals surface area contributed by atoms with Crippen LogP contribution in [-0.2, 0) is 10.3 Å². The predicted octanol–water partition coefficient (Wildman–Crippen LogP) is 3.56. The molecule has 176 valence electrons. The minimum absolute atomic E-state index is 0.101. The molecule has 0 spiro atoms. The summed E-state index contributed by atoms with van der Waals surface area (Å²) in [6.45, 7) is 8.84. The SMILES string of the molecule is CC(C)(C)OC(=O)N1CCC(C)(n2cc(/C(O)=c3/ccc4nc(=O)c5cccc3c45)cn2)CC1. The van der Waals surface area contributed by atoms with Crippen molar-refractivity contribution >= 4 is 33.5 Å². The van der Waals surface area contributed by atoms with Crippen LogP contribution in [-0.4, -0.2) is 49.6 Å². The third kappa shape index (κ3) is 3.73. The molecule has 1 aliphatic rings. The Hall–Kier alpha value is -3.68. The van der Waals surface area contributed by atoms with Crippen molar-refractivity contribution in [2.24, 2.45) is 0 Å². The second-order valence-electron chi connectivity index (χ2n) is 10.3. The number of piperidine rings is 1. The number of aliphatic hydroxyl groups excluding tert-OH is 1. The third-order valence-corrected chi connectivity index (χ3v) is 6.63. The fraction of sp³-hybridized carbons (Fsp3) is 0.385. The average molecular weight is 461 g/mol. The monoisotopic (exact) mass is 460 g/mol. The highest BCUT2D eigenvalue weighted by molar-refractivity contribution is 6.09. The number of hydrogen-bond acceptors (Lipinski definition) is 6. The lowest BCUT2D eigenvalue weighted by Crippen LogP contribution is -2.48. The molecular weight excluding hydrogens is 432 g/mol. The van der Waals surface area contributed by atoms with E-state index in [-0.39, 0.29) is 23.0 Å². The van der Waals surface area contributed by atoms with Crippen LogP contribution in [0.1, 0.15) is 46.1 Å². The zero-order chi connectivity index (χ0) is 24.3. The average Bonchev–Trinajstić information content (AvgIpc) is 3.40. The molecule has 1 N–H and O–H groups in total. The van der Waals surface area contributed by atoms with E-state index in [9.17, 15) is 14.7 Å². The normalized spacial score (nSPS) is 17.4. The minimum atomic E-state index is -0.522. The Morgan fingerprint density at radius 2 is 1.82 bits per heavy atom. The molecule has 8 heteroatoms. The molecule has 2 aromatic carbocycles. The molecule has 4 aromatic rings. The highest BCUT2D eigenvalue weighted by Crippen LogP contribution is 2.31. The Kier molecular flexibility index (Phi) is 5.00. The maximum Gasteiger partial charge on any atom is 0.410 e. The van der Waals surface area contributed by atoms with Crippen molar-refractivity contribution in [2.75, 3.05) is 13.1 Å². The standard InChI is InChI=1S/C26H28N4O4/c1-25(2,3)34-24(33)29-12-10-26(4,11-13-29)30-15-16(14-27-30)22(31)18-8-9-20-21-17(18)6-5-7-19(21)23(32)28-20/h5-9,14-15,31H,10-13H2,1-4H3/b22-18+. The first kappa shape index (κ1) is 22.1. The molecule has 1 fully saturated rings. The van der Waals surface area contributed by atoms with Gasteiger partial charge in [0.15, 0.2) is 0 Å². The van der Waals surface area contributed by atoms with Crippen molar-refractivity contribution in [3.05, 3.63) is 63.9 Å². The van der Waals surface area contributed by atoms with Gasteiger partial charge in [-0.05, 0) is 64.1 Å². The number of nitrogens with zero attached hydrogens (tertiary/aromatic N) is 4. The first-order valence-corrected chi connectivity index (χ1v) is 11.5. The first-order chi connectivity index (χ1) is 16.1. The smallest absolute Gasteiger partial charge is 0.410 e. The van der Waals surface area contributed by atoms with Crippen LogP contribution in [0, 0.1) is 0 Å². The molecule has 1 saturated heterocycles. The molecule has 0 bridgehead atoms. The van der Waals surface area contributed by atoms with Crippen LogP contribution in [0.5, 0.6) is 0 Å². The van der Waals surface area contributed by atoms with E-state index in [4.69, 9.17) is 4.74 Å². The molecule has 1 amide bonds. The van der Waals surface area contributed by atoms with Gasteiger partial charge in [-0.1, -0.05) is 12.1 Å². The van der Waals surface area contributed by atoms with Gasteiger partial charge in [0.1, 0.15) is 11.4 Å². The Balaban J connectivity index is 1.44. The van der Waals surface area contributed by atoms with Gasteiger partial charge in [0, 0.05) is 29.9 Å². The summed E-state index contributed by atoms with van der Waals surface area (Å²) in [5.74, 6) is 0.101. The van der Waals surface area contributed by atoms with Crippen molar-refractivity contribution in [1.82, 2.24) is 19.7 Å². The van der Waals surface area contributed by atoms with Crippen LogP contribution < -0.4 is 10.8 Å². The molecule has 5 rings (SSSR count). The topological polar surface area (TPSA) is 97.5 Å². The van der Waals surface area contributed by atoms with Gasteiger partial charge < -0.3 is 14.7 Å². The lowest BCUT2D eigenvalue weighted by molar-refractivity contribution is 0.0120. The van der Waals surface area contributed by atoms with Crippen molar-refractivity contribution in [3.63, 3.8) is 0 Å². The molecule has 0 radical (unpaired) electrons. The van der Waals surface area contributed by atoms with E-state index in [2.05, 4.69) is 17.0 Å². The lowest BCUT2D eigenvalue weighted by Gasteiger charge is -2.39. The quantitative estimate of drug-likeness (QED) is 0.491. The van der Waals surface area contributed by atoms with E-state index >= 15 is 0 Å². The number of hydrogen-bond donors (Lipinski definition) is 1. The highest BCUT2D eigenvalue weighted by atomic mass is 16.6. The summed E-state index contributed by atoms with van der Waals surface area (Å²) in [5, 5.41) is 18.5. The summed E-state index contributed by atoms with van der Waals surface area (Å²) in [6.07, 6.45) is 4.65. The Morgan fingerprint density at radius 3 is 2.53 bits per heavy atom. The molecule has 0 aliphatic carbocycles. The number of benzene rings is 2. The zero-order valence-corrected chi connectivity index (χ0v) is 19.8. The van der Waals surface area contributed by atoms with E-state index in [1.165, 1.54) is 0 Å². The van der Waals surface area contributed by atoms with Crippen LogP contribution in [0.2, 0.25) is 0 Å². The fourth-order valence-electron chi connectivity index (χ4n) is 4.66. The van der Waals surface area contributed by atoms with Gasteiger partial charge in [0.2, 0.25) is 0 Å². The number of likely N-dealkylation sites (tertiary alicyclic amines) is 1. The van der Waals surface area contributed by atoms with Gasteiger partial charge in [0.05, 0.1) is 28.2 Å². The largest absolute Gasteiger partial charge is 0.507 e. The maximum absolute atomic E-state index is 12.4. The van der Waals surface area contributed by atoms with Crippen LogP contribution in [0.4, 0.5) is 4.79 Å². The van der Waals surface area contributed by atoms with Gasteiger partial charge in [-0.2, -0.15) is 5.10 Å². The Morgan fingerprint density at radius 1 is 1.12 bits per heavy atom. The van der Waals surface area contributed by atoms with Crippen LogP contribution in [0.3, 0.4) is 0 Å². The van der Waals surface area contributed by atoms with Gasteiger partial charge in [-0.25, -0.2) is 9.78 Å². The number of aromatic nitrogens is 3. The van der Waals surface area contributed by atoms with E-state index in [1.807, 2.05) is 37.7 Å². The molecular formula is C26H28N4O4. The van der Waals surface area contributed by atoms with E-state index in [1.54, 1.807) is 35.4 Å². The third-order valence-electron chi connectivity index (χ3n) is 6.63. The van der Waals surface area contributed by atoms with Gasteiger partial charge >= 0.3 is 6.09 Å². The number of amides is 1. The number of carbonyl (C=O) groups is 1. The molecule has 0 unspecified atom stereocenters. The minimum Gasteiger partial charge on any atom is -0.507 e. The zero-order valence-electron chi connectivity index (χ0n) is 19.8. The predicted molar refractivity (Wildman–Crippen MR) is 130 cm³/mol. The molecule has 34 heavy (non-hydrogen) atoms. The van der Waals surface area contributed by atoms with Crippen molar-refractivity contribution in [3.8, 4) is 0 Å². The van der Waals surface area contributed by atoms with Crippen molar-refractivity contribution < 1.29 is 14.6 Å². The van der Waals surface area contributed by atoms with Crippen molar-refractivity contribution in [1.29, 1.82) is 0 Å². The summed E-state index contributed by atoms with van der Waals surface area (Å²) in [5.41, 5.74) is 0.164. The second-order valence-corrected chi connectivity index (χ2v) is 10.3. The number of carbonyl (C=O) groups excluding carboxylic acids is 1. The van der Waals surface area contributed by atoms with Crippen LogP contribution in [0.15, 0.2) is 47.5 Å². The highest BCUT2D eigenvalue weighted by Gasteiger charge is 2.35. The molecule has 2 aromatic heterocycles. The van der Waals surface area contributed by atoms with E-state index < -0.39 is 5.60 Å². The summed E-state index contributed by atoms with van der Waals surface area (Å²) in [4.78, 5) is 30.4. The summed E-state index contributed by atoms with van der Waals surface area (Å²) in [7, 11) is 0. The number of ether oxygens (including phenoxy) is 1. The Labute approximate surface area is 196 Å². The maximum atomic E-state index is 12.4. The number of aliphatic hydroxyl groups is 1. The summed E-state index contributed by atoms with van der Waals surface area (Å²) < 4.78 is 7.38. The van der Waals surface area contributed by atoms with Crippen LogP contribution in [0.25, 0.3) is 27.4 Å². The van der Waals surface area contributed by atoms with E-state index in [0.29, 0.717) is 34.8 Å². The summed E-state index contributed by atoms with van der Waals surface area (Å²) >= 11 is 0. The lowest BCUT2D eigenvalue weighted by atomic mass is 9.90. The Bertz CT molecular complexity index is 1490. The number of rotatable bonds is 2. The fourth-order valence-corrected chi connectivity index (χ4v) is 4.66. The van der Waals surface area contributed by atoms with Crippen LogP contribution >= 0.6 is 0 Å². The molecule has 1 aliphatic heterocycles.